The van der Waals surface area contributed by atoms with E-state index in [4.69, 9.17) is 0 Å². The summed E-state index contributed by atoms with van der Waals surface area (Å²) in [6, 6.07) is 0.598. The molecule has 2 rings (SSSR count). The molecule has 1 N–H and O–H groups in total. The van der Waals surface area contributed by atoms with Crippen LogP contribution in [-0.4, -0.2) is 35.0 Å². The molecule has 0 bridgehead atoms. The van der Waals surface area contributed by atoms with Crippen molar-refractivity contribution in [2.75, 3.05) is 24.5 Å². The summed E-state index contributed by atoms with van der Waals surface area (Å²) in [6.45, 7) is 7.51. The molecule has 0 amide bonds. The smallest absolute Gasteiger partial charge is 0.205 e. The summed E-state index contributed by atoms with van der Waals surface area (Å²) in [4.78, 5) is 7.06. The van der Waals surface area contributed by atoms with Gasteiger partial charge in [-0.15, -0.1) is 0 Å². The average molecular weight is 254 g/mol. The maximum absolute atomic E-state index is 4.62. The predicted octanol–water partition coefficient (Wildman–Crippen LogP) is 2.07. The zero-order valence-corrected chi connectivity index (χ0v) is 11.6. The van der Waals surface area contributed by atoms with Crippen molar-refractivity contribution in [3.05, 3.63) is 5.82 Å². The van der Waals surface area contributed by atoms with Gasteiger partial charge in [-0.1, -0.05) is 13.8 Å². The molecule has 4 nitrogen and oxygen atoms in total. The first kappa shape index (κ1) is 12.8. The quantitative estimate of drug-likeness (QED) is 0.873. The molecule has 5 heteroatoms. The van der Waals surface area contributed by atoms with Gasteiger partial charge >= 0.3 is 0 Å². The standard InChI is InChI=1S/C12H22N4S/c1-3-11-14-12(17-15-11)16-8-6-5-7-10(16)9-13-4-2/h10,13H,3-9H2,1-2H3. The number of likely N-dealkylation sites (N-methyl/N-ethyl adjacent to an activating group) is 1. The van der Waals surface area contributed by atoms with Gasteiger partial charge in [0.1, 0.15) is 5.82 Å². The molecule has 96 valence electrons. The lowest BCUT2D eigenvalue weighted by Gasteiger charge is -2.35. The Kier molecular flexibility index (Phi) is 4.74. The van der Waals surface area contributed by atoms with Crippen molar-refractivity contribution in [3.8, 4) is 0 Å². The molecule has 0 radical (unpaired) electrons. The third-order valence-electron chi connectivity index (χ3n) is 3.28. The van der Waals surface area contributed by atoms with Crippen LogP contribution < -0.4 is 10.2 Å². The Morgan fingerprint density at radius 2 is 2.29 bits per heavy atom. The summed E-state index contributed by atoms with van der Waals surface area (Å²) >= 11 is 1.55. The van der Waals surface area contributed by atoms with E-state index in [2.05, 4.69) is 33.4 Å². The Labute approximate surface area is 108 Å². The molecule has 0 aromatic carbocycles. The predicted molar refractivity (Wildman–Crippen MR) is 72.8 cm³/mol. The van der Waals surface area contributed by atoms with Crippen LogP contribution in [0.25, 0.3) is 0 Å². The summed E-state index contributed by atoms with van der Waals surface area (Å²) < 4.78 is 4.39. The maximum Gasteiger partial charge on any atom is 0.205 e. The molecule has 1 atom stereocenters. The first-order valence-corrected chi connectivity index (χ1v) is 7.42. The van der Waals surface area contributed by atoms with Crippen molar-refractivity contribution in [1.29, 1.82) is 0 Å². The van der Waals surface area contributed by atoms with E-state index in [9.17, 15) is 0 Å². The van der Waals surface area contributed by atoms with Crippen molar-refractivity contribution < 1.29 is 0 Å². The highest BCUT2D eigenvalue weighted by molar-refractivity contribution is 7.09. The van der Waals surface area contributed by atoms with E-state index in [-0.39, 0.29) is 0 Å². The number of aryl methyl sites for hydroxylation is 1. The highest BCUT2D eigenvalue weighted by Gasteiger charge is 2.24. The van der Waals surface area contributed by atoms with Crippen molar-refractivity contribution in [2.45, 2.75) is 45.6 Å². The molecule has 1 aliphatic rings. The molecule has 2 heterocycles. The number of hydrogen-bond donors (Lipinski definition) is 1. The van der Waals surface area contributed by atoms with Gasteiger partial charge in [-0.3, -0.25) is 0 Å². The van der Waals surface area contributed by atoms with E-state index in [1.807, 2.05) is 0 Å². The second-order valence-electron chi connectivity index (χ2n) is 4.50. The molecule has 1 aromatic rings. The molecule has 1 aromatic heterocycles. The Balaban J connectivity index is 2.04. The van der Waals surface area contributed by atoms with E-state index < -0.39 is 0 Å². The van der Waals surface area contributed by atoms with Crippen molar-refractivity contribution in [2.24, 2.45) is 0 Å². The van der Waals surface area contributed by atoms with Crippen LogP contribution in [0.2, 0.25) is 0 Å². The van der Waals surface area contributed by atoms with E-state index in [1.165, 1.54) is 19.3 Å². The fourth-order valence-electron chi connectivity index (χ4n) is 2.28. The van der Waals surface area contributed by atoms with Gasteiger partial charge in [-0.25, -0.2) is 4.98 Å². The van der Waals surface area contributed by atoms with Crippen LogP contribution in [0.1, 0.15) is 38.9 Å². The number of aromatic nitrogens is 2. The number of anilines is 1. The lowest BCUT2D eigenvalue weighted by Crippen LogP contribution is -2.45. The number of nitrogens with zero attached hydrogens (tertiary/aromatic N) is 3. The van der Waals surface area contributed by atoms with Crippen molar-refractivity contribution in [3.63, 3.8) is 0 Å². The number of piperidine rings is 1. The van der Waals surface area contributed by atoms with Crippen LogP contribution in [0.4, 0.5) is 5.13 Å². The highest BCUT2D eigenvalue weighted by atomic mass is 32.1. The monoisotopic (exact) mass is 254 g/mol. The number of rotatable bonds is 5. The van der Waals surface area contributed by atoms with Gasteiger partial charge in [0.15, 0.2) is 0 Å². The van der Waals surface area contributed by atoms with Crippen molar-refractivity contribution >= 4 is 16.7 Å². The summed E-state index contributed by atoms with van der Waals surface area (Å²) in [5, 5.41) is 4.57. The minimum Gasteiger partial charge on any atom is -0.343 e. The molecular formula is C12H22N4S. The van der Waals surface area contributed by atoms with Crippen molar-refractivity contribution in [1.82, 2.24) is 14.7 Å². The average Bonchev–Trinajstić information content (AvgIpc) is 2.85. The number of nitrogens with one attached hydrogen (secondary N) is 1. The van der Waals surface area contributed by atoms with Crippen LogP contribution in [0.5, 0.6) is 0 Å². The summed E-state index contributed by atoms with van der Waals surface area (Å²) in [7, 11) is 0. The van der Waals surface area contributed by atoms with Gasteiger partial charge < -0.3 is 10.2 Å². The Morgan fingerprint density at radius 3 is 3.00 bits per heavy atom. The lowest BCUT2D eigenvalue weighted by molar-refractivity contribution is 0.438. The minimum atomic E-state index is 0.598. The molecule has 0 spiro atoms. The van der Waals surface area contributed by atoms with Crippen LogP contribution in [0.3, 0.4) is 0 Å². The third-order valence-corrected chi connectivity index (χ3v) is 4.07. The molecular weight excluding hydrogens is 232 g/mol. The molecule has 1 saturated heterocycles. The molecule has 1 unspecified atom stereocenters. The maximum atomic E-state index is 4.62. The second-order valence-corrected chi connectivity index (χ2v) is 5.23. The van der Waals surface area contributed by atoms with Gasteiger partial charge in [-0.2, -0.15) is 4.37 Å². The molecule has 0 aliphatic carbocycles. The number of hydrogen-bond acceptors (Lipinski definition) is 5. The fraction of sp³-hybridized carbons (Fsp3) is 0.833. The topological polar surface area (TPSA) is 41.0 Å². The van der Waals surface area contributed by atoms with E-state index >= 15 is 0 Å². The Hall–Kier alpha value is -0.680. The van der Waals surface area contributed by atoms with Gasteiger partial charge in [0.25, 0.3) is 0 Å². The summed E-state index contributed by atoms with van der Waals surface area (Å²) in [6.07, 6.45) is 4.83. The Bertz CT molecular complexity index is 339. The largest absolute Gasteiger partial charge is 0.343 e. The first-order valence-electron chi connectivity index (χ1n) is 6.65. The highest BCUT2D eigenvalue weighted by Crippen LogP contribution is 2.26. The van der Waals surface area contributed by atoms with Gasteiger partial charge in [-0.05, 0) is 25.8 Å². The third kappa shape index (κ3) is 3.16. The summed E-state index contributed by atoms with van der Waals surface area (Å²) in [5.41, 5.74) is 0. The van der Waals surface area contributed by atoms with Crippen LogP contribution in [0.15, 0.2) is 0 Å². The molecule has 1 aliphatic heterocycles. The van der Waals surface area contributed by atoms with E-state index in [0.29, 0.717) is 6.04 Å². The normalized spacial score (nSPS) is 20.8. The van der Waals surface area contributed by atoms with E-state index in [1.54, 1.807) is 11.5 Å². The minimum absolute atomic E-state index is 0.598. The van der Waals surface area contributed by atoms with Gasteiger partial charge in [0.05, 0.1) is 0 Å². The zero-order valence-electron chi connectivity index (χ0n) is 10.8. The SMILES string of the molecule is CCNCC1CCCCN1c1nc(CC)ns1. The Morgan fingerprint density at radius 1 is 1.41 bits per heavy atom. The first-order chi connectivity index (χ1) is 8.35. The zero-order chi connectivity index (χ0) is 12.1. The molecule has 17 heavy (non-hydrogen) atoms. The lowest BCUT2D eigenvalue weighted by atomic mass is 10.0. The van der Waals surface area contributed by atoms with Gasteiger partial charge in [0.2, 0.25) is 5.13 Å². The second kappa shape index (κ2) is 6.31. The van der Waals surface area contributed by atoms with E-state index in [0.717, 1.165) is 37.0 Å². The fourth-order valence-corrected chi connectivity index (χ4v) is 3.13. The van der Waals surface area contributed by atoms with Crippen LogP contribution in [0, 0.1) is 0 Å². The van der Waals surface area contributed by atoms with Gasteiger partial charge in [0, 0.05) is 37.1 Å². The van der Waals surface area contributed by atoms with Crippen LogP contribution in [-0.2, 0) is 6.42 Å². The summed E-state index contributed by atoms with van der Waals surface area (Å²) in [5.74, 6) is 0.984. The molecule has 0 saturated carbocycles. The molecule has 1 fully saturated rings. The van der Waals surface area contributed by atoms with Crippen LogP contribution >= 0.6 is 11.5 Å².